The Balaban J connectivity index is 1.79. The molecule has 1 aromatic rings. The summed E-state index contributed by atoms with van der Waals surface area (Å²) in [6, 6.07) is 10.2. The summed E-state index contributed by atoms with van der Waals surface area (Å²) in [6.07, 6.45) is 1.18. The molecule has 6 nitrogen and oxygen atoms in total. The molecule has 0 radical (unpaired) electrons. The molecule has 1 aromatic carbocycles. The van der Waals surface area contributed by atoms with Crippen LogP contribution in [0.1, 0.15) is 25.3 Å². The first-order valence-corrected chi connectivity index (χ1v) is 7.68. The van der Waals surface area contributed by atoms with Crippen LogP contribution in [0, 0.1) is 5.92 Å². The SMILES string of the molecule is CCOC(=O)NNC(=O)C1CCCN(Cc2ccccc2)C1. The molecule has 0 saturated carbocycles. The number of nitrogens with zero attached hydrogens (tertiary/aromatic N) is 1. The Bertz CT molecular complexity index is 493. The highest BCUT2D eigenvalue weighted by molar-refractivity contribution is 5.81. The van der Waals surface area contributed by atoms with Crippen molar-refractivity contribution >= 4 is 12.0 Å². The largest absolute Gasteiger partial charge is 0.449 e. The van der Waals surface area contributed by atoms with Gasteiger partial charge in [-0.2, -0.15) is 0 Å². The molecule has 0 aliphatic carbocycles. The molecule has 2 amide bonds. The lowest BCUT2D eigenvalue weighted by atomic mass is 9.97. The van der Waals surface area contributed by atoms with Gasteiger partial charge in [-0.05, 0) is 31.9 Å². The summed E-state index contributed by atoms with van der Waals surface area (Å²) in [7, 11) is 0. The van der Waals surface area contributed by atoms with Crippen LogP contribution in [-0.2, 0) is 16.1 Å². The molecule has 22 heavy (non-hydrogen) atoms. The highest BCUT2D eigenvalue weighted by atomic mass is 16.5. The molecular formula is C16H23N3O3. The van der Waals surface area contributed by atoms with E-state index in [0.717, 1.165) is 25.9 Å². The summed E-state index contributed by atoms with van der Waals surface area (Å²) in [5.74, 6) is -0.273. The lowest BCUT2D eigenvalue weighted by Gasteiger charge is -2.31. The number of piperidine rings is 1. The number of rotatable bonds is 4. The summed E-state index contributed by atoms with van der Waals surface area (Å²) < 4.78 is 4.70. The fourth-order valence-corrected chi connectivity index (χ4v) is 2.64. The third kappa shape index (κ3) is 5.04. The van der Waals surface area contributed by atoms with E-state index >= 15 is 0 Å². The van der Waals surface area contributed by atoms with E-state index in [1.54, 1.807) is 6.92 Å². The molecule has 1 aliphatic heterocycles. The number of nitrogens with one attached hydrogen (secondary N) is 2. The molecule has 1 fully saturated rings. The van der Waals surface area contributed by atoms with Crippen molar-refractivity contribution in [2.45, 2.75) is 26.3 Å². The minimum Gasteiger partial charge on any atom is -0.449 e. The van der Waals surface area contributed by atoms with Crippen LogP contribution in [-0.4, -0.2) is 36.6 Å². The molecule has 120 valence electrons. The summed E-state index contributed by atoms with van der Waals surface area (Å²) in [5.41, 5.74) is 5.94. The van der Waals surface area contributed by atoms with E-state index in [2.05, 4.69) is 27.9 Å². The number of ether oxygens (including phenoxy) is 1. The highest BCUT2D eigenvalue weighted by Crippen LogP contribution is 2.18. The van der Waals surface area contributed by atoms with Crippen molar-refractivity contribution in [1.82, 2.24) is 15.8 Å². The van der Waals surface area contributed by atoms with Gasteiger partial charge in [0.2, 0.25) is 5.91 Å². The third-order valence-corrected chi connectivity index (χ3v) is 3.69. The molecule has 1 atom stereocenters. The quantitative estimate of drug-likeness (QED) is 0.830. The van der Waals surface area contributed by atoms with Crippen molar-refractivity contribution in [3.63, 3.8) is 0 Å². The van der Waals surface area contributed by atoms with Crippen molar-refractivity contribution in [3.8, 4) is 0 Å². The second-order valence-electron chi connectivity index (χ2n) is 5.39. The number of benzene rings is 1. The summed E-state index contributed by atoms with van der Waals surface area (Å²) in [4.78, 5) is 25.5. The first-order valence-electron chi connectivity index (χ1n) is 7.68. The number of likely N-dealkylation sites (tertiary alicyclic amines) is 1. The van der Waals surface area contributed by atoms with E-state index in [4.69, 9.17) is 4.74 Å². The smallest absolute Gasteiger partial charge is 0.426 e. The minimum absolute atomic E-state index is 0.112. The monoisotopic (exact) mass is 305 g/mol. The van der Waals surface area contributed by atoms with Gasteiger partial charge in [0.05, 0.1) is 12.5 Å². The van der Waals surface area contributed by atoms with E-state index in [0.29, 0.717) is 6.54 Å². The molecule has 1 heterocycles. The lowest BCUT2D eigenvalue weighted by Crippen LogP contribution is -2.48. The summed E-state index contributed by atoms with van der Waals surface area (Å²) in [6.45, 7) is 4.52. The highest BCUT2D eigenvalue weighted by Gasteiger charge is 2.26. The van der Waals surface area contributed by atoms with E-state index in [9.17, 15) is 9.59 Å². The van der Waals surface area contributed by atoms with Gasteiger partial charge in [0.25, 0.3) is 0 Å². The fraction of sp³-hybridized carbons (Fsp3) is 0.500. The zero-order valence-electron chi connectivity index (χ0n) is 12.9. The first kappa shape index (κ1) is 16.3. The summed E-state index contributed by atoms with van der Waals surface area (Å²) in [5, 5.41) is 0. The number of hydrazine groups is 1. The average Bonchev–Trinajstić information content (AvgIpc) is 2.54. The van der Waals surface area contributed by atoms with Crippen LogP contribution < -0.4 is 10.9 Å². The van der Waals surface area contributed by atoms with Crippen LogP contribution in [0.5, 0.6) is 0 Å². The molecule has 0 bridgehead atoms. The zero-order valence-corrected chi connectivity index (χ0v) is 12.9. The maximum Gasteiger partial charge on any atom is 0.426 e. The average molecular weight is 305 g/mol. The van der Waals surface area contributed by atoms with Gasteiger partial charge < -0.3 is 4.74 Å². The molecule has 1 aliphatic rings. The second kappa shape index (κ2) is 8.38. The van der Waals surface area contributed by atoms with E-state index in [-0.39, 0.29) is 18.4 Å². The number of amides is 2. The zero-order chi connectivity index (χ0) is 15.8. The minimum atomic E-state index is -0.632. The standard InChI is InChI=1S/C16H23N3O3/c1-2-22-16(21)18-17-15(20)14-9-6-10-19(12-14)11-13-7-4-3-5-8-13/h3-5,7-8,14H,2,6,9-12H2,1H3,(H,17,20)(H,18,21). The van der Waals surface area contributed by atoms with Crippen LogP contribution in [0.2, 0.25) is 0 Å². The van der Waals surface area contributed by atoms with Crippen molar-refractivity contribution in [1.29, 1.82) is 0 Å². The maximum atomic E-state index is 12.1. The number of hydrogen-bond acceptors (Lipinski definition) is 4. The Morgan fingerprint density at radius 3 is 2.77 bits per heavy atom. The van der Waals surface area contributed by atoms with Gasteiger partial charge in [-0.3, -0.25) is 15.1 Å². The summed E-state index contributed by atoms with van der Waals surface area (Å²) >= 11 is 0. The van der Waals surface area contributed by atoms with Crippen LogP contribution in [0.4, 0.5) is 4.79 Å². The van der Waals surface area contributed by atoms with Crippen LogP contribution >= 0.6 is 0 Å². The van der Waals surface area contributed by atoms with Crippen molar-refractivity contribution in [2.24, 2.45) is 5.92 Å². The predicted octanol–water partition coefficient (Wildman–Crippen LogP) is 1.68. The predicted molar refractivity (Wildman–Crippen MR) is 82.7 cm³/mol. The first-order chi connectivity index (χ1) is 10.7. The Morgan fingerprint density at radius 1 is 1.27 bits per heavy atom. The molecule has 0 aromatic heterocycles. The molecule has 0 spiro atoms. The topological polar surface area (TPSA) is 70.7 Å². The van der Waals surface area contributed by atoms with Crippen molar-refractivity contribution < 1.29 is 14.3 Å². The lowest BCUT2D eigenvalue weighted by molar-refractivity contribution is -0.127. The Morgan fingerprint density at radius 2 is 2.05 bits per heavy atom. The fourth-order valence-electron chi connectivity index (χ4n) is 2.64. The maximum absolute atomic E-state index is 12.1. The third-order valence-electron chi connectivity index (χ3n) is 3.69. The number of carbonyl (C=O) groups excluding carboxylic acids is 2. The number of carbonyl (C=O) groups is 2. The molecule has 1 unspecified atom stereocenters. The molecular weight excluding hydrogens is 282 g/mol. The normalized spacial score (nSPS) is 18.5. The molecule has 2 N–H and O–H groups in total. The molecule has 6 heteroatoms. The number of hydrogen-bond donors (Lipinski definition) is 2. The van der Waals surface area contributed by atoms with Gasteiger partial charge in [-0.25, -0.2) is 10.2 Å². The van der Waals surface area contributed by atoms with E-state index in [1.807, 2.05) is 18.2 Å². The van der Waals surface area contributed by atoms with Gasteiger partial charge in [0, 0.05) is 13.1 Å². The van der Waals surface area contributed by atoms with Crippen LogP contribution in [0.3, 0.4) is 0 Å². The Labute approximate surface area is 130 Å². The van der Waals surface area contributed by atoms with Crippen molar-refractivity contribution in [3.05, 3.63) is 35.9 Å². The van der Waals surface area contributed by atoms with Gasteiger partial charge in [0.15, 0.2) is 0 Å². The van der Waals surface area contributed by atoms with Gasteiger partial charge >= 0.3 is 6.09 Å². The van der Waals surface area contributed by atoms with Gasteiger partial charge in [-0.1, -0.05) is 30.3 Å². The van der Waals surface area contributed by atoms with Gasteiger partial charge in [0.1, 0.15) is 0 Å². The van der Waals surface area contributed by atoms with E-state index in [1.165, 1.54) is 5.56 Å². The van der Waals surface area contributed by atoms with Crippen molar-refractivity contribution in [2.75, 3.05) is 19.7 Å². The van der Waals surface area contributed by atoms with Gasteiger partial charge in [-0.15, -0.1) is 0 Å². The van der Waals surface area contributed by atoms with E-state index < -0.39 is 6.09 Å². The van der Waals surface area contributed by atoms with Crippen LogP contribution in [0.25, 0.3) is 0 Å². The molecule has 1 saturated heterocycles. The Hall–Kier alpha value is -2.08. The molecule has 2 rings (SSSR count). The van der Waals surface area contributed by atoms with Crippen LogP contribution in [0.15, 0.2) is 30.3 Å². The Kier molecular flexibility index (Phi) is 6.21. The second-order valence-corrected chi connectivity index (χ2v) is 5.39.